The molecule has 0 bridgehead atoms. The van der Waals surface area contributed by atoms with Gasteiger partial charge in [0, 0.05) is 6.54 Å². The molecule has 0 radical (unpaired) electrons. The monoisotopic (exact) mass is 212 g/mol. The van der Waals surface area contributed by atoms with Gasteiger partial charge in [-0.15, -0.1) is 11.8 Å². The molecule has 4 nitrogen and oxygen atoms in total. The van der Waals surface area contributed by atoms with E-state index in [0.717, 1.165) is 0 Å². The minimum atomic E-state index is -0.343. The van der Waals surface area contributed by atoms with Gasteiger partial charge in [0.15, 0.2) is 0 Å². The Morgan fingerprint density at radius 1 is 1.57 bits per heavy atom. The summed E-state index contributed by atoms with van der Waals surface area (Å²) in [4.78, 5) is 11.2. The first-order valence-electron chi connectivity index (χ1n) is 4.26. The first-order valence-corrected chi connectivity index (χ1v) is 5.48. The van der Waals surface area contributed by atoms with Crippen molar-refractivity contribution in [2.45, 2.75) is 11.8 Å². The van der Waals surface area contributed by atoms with Crippen LogP contribution in [0.2, 0.25) is 0 Å². The first-order chi connectivity index (χ1) is 6.70. The number of nitro groups is 1. The average Bonchev–Trinajstić information content (AvgIpc) is 2.17. The fourth-order valence-electron chi connectivity index (χ4n) is 1.21. The minimum absolute atomic E-state index is 0.168. The highest BCUT2D eigenvalue weighted by Crippen LogP contribution is 2.34. The molecule has 0 fully saturated rings. The Kier molecular flexibility index (Phi) is 3.76. The molecule has 0 unspecified atom stereocenters. The summed E-state index contributed by atoms with van der Waals surface area (Å²) in [6.45, 7) is 2.59. The van der Waals surface area contributed by atoms with Gasteiger partial charge in [0.2, 0.25) is 0 Å². The molecule has 0 aromatic heterocycles. The first kappa shape index (κ1) is 10.8. The van der Waals surface area contributed by atoms with Gasteiger partial charge in [0.05, 0.1) is 9.82 Å². The highest BCUT2D eigenvalue weighted by Gasteiger charge is 2.17. The summed E-state index contributed by atoms with van der Waals surface area (Å²) in [5.41, 5.74) is 0.756. The van der Waals surface area contributed by atoms with Crippen LogP contribution in [-0.4, -0.2) is 17.7 Å². The average molecular weight is 212 g/mol. The van der Waals surface area contributed by atoms with Crippen molar-refractivity contribution >= 4 is 23.1 Å². The summed E-state index contributed by atoms with van der Waals surface area (Å²) in [5, 5.41) is 13.8. The summed E-state index contributed by atoms with van der Waals surface area (Å²) < 4.78 is 0. The van der Waals surface area contributed by atoms with E-state index in [-0.39, 0.29) is 10.6 Å². The van der Waals surface area contributed by atoms with Crippen LogP contribution in [0.3, 0.4) is 0 Å². The molecule has 1 aromatic carbocycles. The highest BCUT2D eigenvalue weighted by molar-refractivity contribution is 7.98. The minimum Gasteiger partial charge on any atom is -0.380 e. The molecule has 5 heteroatoms. The van der Waals surface area contributed by atoms with Gasteiger partial charge in [0.1, 0.15) is 5.69 Å². The Morgan fingerprint density at radius 2 is 2.29 bits per heavy atom. The van der Waals surface area contributed by atoms with Gasteiger partial charge in [0.25, 0.3) is 0 Å². The number of nitrogens with one attached hydrogen (secondary N) is 1. The number of hydrogen-bond acceptors (Lipinski definition) is 4. The van der Waals surface area contributed by atoms with Gasteiger partial charge in [-0.25, -0.2) is 0 Å². The van der Waals surface area contributed by atoms with Crippen LogP contribution in [0.15, 0.2) is 23.1 Å². The summed E-state index contributed by atoms with van der Waals surface area (Å²) >= 11 is 1.38. The second-order valence-electron chi connectivity index (χ2n) is 2.64. The van der Waals surface area contributed by atoms with Crippen LogP contribution in [0.5, 0.6) is 0 Å². The number of rotatable bonds is 4. The third-order valence-corrected chi connectivity index (χ3v) is 2.54. The molecule has 0 saturated heterocycles. The van der Waals surface area contributed by atoms with Crippen molar-refractivity contribution < 1.29 is 4.92 Å². The Bertz CT molecular complexity index is 342. The van der Waals surface area contributed by atoms with Gasteiger partial charge in [-0.1, -0.05) is 6.07 Å². The van der Waals surface area contributed by atoms with Gasteiger partial charge < -0.3 is 5.32 Å². The third kappa shape index (κ3) is 2.17. The zero-order valence-electron chi connectivity index (χ0n) is 8.11. The predicted octanol–water partition coefficient (Wildman–Crippen LogP) is 2.75. The predicted molar refractivity (Wildman–Crippen MR) is 59.0 cm³/mol. The molecule has 1 aromatic rings. The molecule has 0 spiro atoms. The van der Waals surface area contributed by atoms with E-state index in [9.17, 15) is 10.1 Å². The van der Waals surface area contributed by atoms with E-state index in [1.54, 1.807) is 12.1 Å². The van der Waals surface area contributed by atoms with Gasteiger partial charge in [-0.05, 0) is 25.3 Å². The van der Waals surface area contributed by atoms with Crippen LogP contribution in [-0.2, 0) is 0 Å². The summed E-state index contributed by atoms with van der Waals surface area (Å²) in [7, 11) is 0. The van der Waals surface area contributed by atoms with E-state index in [0.29, 0.717) is 17.1 Å². The standard InChI is InChI=1S/C9H12N2O2S/c1-3-10-7-5-4-6-8(14-2)9(7)11(12)13/h4-6,10H,3H2,1-2H3. The lowest BCUT2D eigenvalue weighted by atomic mass is 10.2. The topological polar surface area (TPSA) is 55.2 Å². The van der Waals surface area contributed by atoms with Gasteiger partial charge in [-0.2, -0.15) is 0 Å². The molecule has 0 aliphatic rings. The third-order valence-electron chi connectivity index (χ3n) is 1.77. The number of para-hydroxylation sites is 1. The van der Waals surface area contributed by atoms with Gasteiger partial charge in [-0.3, -0.25) is 10.1 Å². The fraction of sp³-hybridized carbons (Fsp3) is 0.333. The van der Waals surface area contributed by atoms with Crippen LogP contribution >= 0.6 is 11.8 Å². The van der Waals surface area contributed by atoms with E-state index in [1.807, 2.05) is 19.2 Å². The Morgan fingerprint density at radius 3 is 2.79 bits per heavy atom. The van der Waals surface area contributed by atoms with E-state index in [2.05, 4.69) is 5.32 Å². The van der Waals surface area contributed by atoms with Crippen molar-refractivity contribution in [3.8, 4) is 0 Å². The van der Waals surface area contributed by atoms with E-state index >= 15 is 0 Å². The fourth-order valence-corrected chi connectivity index (χ4v) is 1.80. The lowest BCUT2D eigenvalue weighted by Gasteiger charge is -2.06. The Balaban J connectivity index is 3.20. The molecular weight excluding hydrogens is 200 g/mol. The molecular formula is C9H12N2O2S. The molecule has 0 aliphatic carbocycles. The van der Waals surface area contributed by atoms with Crippen LogP contribution < -0.4 is 5.32 Å². The zero-order valence-corrected chi connectivity index (χ0v) is 8.93. The molecule has 1 N–H and O–H groups in total. The van der Waals surface area contributed by atoms with Crippen molar-refractivity contribution in [2.75, 3.05) is 18.1 Å². The SMILES string of the molecule is CCNc1cccc(SC)c1[N+](=O)[O-]. The molecule has 0 atom stereocenters. The highest BCUT2D eigenvalue weighted by atomic mass is 32.2. The van der Waals surface area contributed by atoms with Crippen molar-refractivity contribution in [3.05, 3.63) is 28.3 Å². The van der Waals surface area contributed by atoms with Crippen LogP contribution in [0.25, 0.3) is 0 Å². The quantitative estimate of drug-likeness (QED) is 0.473. The number of nitro benzene ring substituents is 1. The van der Waals surface area contributed by atoms with E-state index in [4.69, 9.17) is 0 Å². The maximum Gasteiger partial charge on any atom is 0.305 e. The molecule has 0 aliphatic heterocycles. The summed E-state index contributed by atoms with van der Waals surface area (Å²) in [6.07, 6.45) is 1.83. The number of hydrogen-bond donors (Lipinski definition) is 1. The normalized spacial score (nSPS) is 9.86. The summed E-state index contributed by atoms with van der Waals surface area (Å²) in [5.74, 6) is 0. The van der Waals surface area contributed by atoms with Crippen LogP contribution in [0.1, 0.15) is 6.92 Å². The zero-order chi connectivity index (χ0) is 10.6. The van der Waals surface area contributed by atoms with Crippen molar-refractivity contribution in [1.82, 2.24) is 0 Å². The molecule has 76 valence electrons. The van der Waals surface area contributed by atoms with Crippen LogP contribution in [0, 0.1) is 10.1 Å². The van der Waals surface area contributed by atoms with E-state index in [1.165, 1.54) is 11.8 Å². The van der Waals surface area contributed by atoms with Crippen molar-refractivity contribution in [2.24, 2.45) is 0 Å². The molecule has 0 heterocycles. The largest absolute Gasteiger partial charge is 0.380 e. The smallest absolute Gasteiger partial charge is 0.305 e. The lowest BCUT2D eigenvalue weighted by molar-refractivity contribution is -0.386. The maximum atomic E-state index is 10.8. The second-order valence-corrected chi connectivity index (χ2v) is 3.49. The number of nitrogens with zero attached hydrogens (tertiary/aromatic N) is 1. The van der Waals surface area contributed by atoms with Crippen molar-refractivity contribution in [1.29, 1.82) is 0 Å². The summed E-state index contributed by atoms with van der Waals surface area (Å²) in [6, 6.07) is 5.29. The van der Waals surface area contributed by atoms with E-state index < -0.39 is 0 Å². The molecule has 14 heavy (non-hydrogen) atoms. The molecule has 1 rings (SSSR count). The second kappa shape index (κ2) is 4.85. The Labute approximate surface area is 86.9 Å². The lowest BCUT2D eigenvalue weighted by Crippen LogP contribution is -2.01. The van der Waals surface area contributed by atoms with Gasteiger partial charge >= 0.3 is 5.69 Å². The number of thioether (sulfide) groups is 1. The molecule has 0 saturated carbocycles. The van der Waals surface area contributed by atoms with Crippen LogP contribution in [0.4, 0.5) is 11.4 Å². The van der Waals surface area contributed by atoms with Crippen molar-refractivity contribution in [3.63, 3.8) is 0 Å². The number of benzene rings is 1. The Hall–Kier alpha value is -1.23. The maximum absolute atomic E-state index is 10.8. The molecule has 0 amide bonds. The number of anilines is 1.